The van der Waals surface area contributed by atoms with Gasteiger partial charge in [-0.05, 0) is 6.92 Å². The summed E-state index contributed by atoms with van der Waals surface area (Å²) in [5.41, 5.74) is 4.57. The SMILES string of the molecule is CC(O)CO.C[N+](C)(C)CC(O)CC(=O)[O-].C[N+](C)(C)CC(O)CC(=O)[O-].NCC(=O)O. The van der Waals surface area contributed by atoms with Gasteiger partial charge in [-0.25, -0.2) is 0 Å². The van der Waals surface area contributed by atoms with E-state index in [4.69, 9.17) is 25.5 Å². The Morgan fingerprint density at radius 2 is 1.03 bits per heavy atom. The summed E-state index contributed by atoms with van der Waals surface area (Å²) in [6, 6.07) is 0. The molecule has 0 aliphatic heterocycles. The minimum absolute atomic E-state index is 0.139. The van der Waals surface area contributed by atoms with Gasteiger partial charge in [-0.1, -0.05) is 0 Å². The highest BCUT2D eigenvalue weighted by molar-refractivity contribution is 5.68. The molecule has 0 aromatic heterocycles. The number of likely N-dealkylation sites (N-methyl/N-ethyl adjacent to an activating group) is 2. The molecule has 0 bridgehead atoms. The van der Waals surface area contributed by atoms with Crippen molar-refractivity contribution in [1.29, 1.82) is 0 Å². The normalized spacial score (nSPS) is 13.5. The van der Waals surface area contributed by atoms with Crippen LogP contribution in [0.15, 0.2) is 0 Å². The molecule has 0 heterocycles. The molecule has 13 nitrogen and oxygen atoms in total. The predicted octanol–water partition coefficient (Wildman–Crippen LogP) is -5.22. The van der Waals surface area contributed by atoms with E-state index in [1.165, 1.54) is 6.92 Å². The van der Waals surface area contributed by atoms with E-state index in [-0.39, 0.29) is 26.0 Å². The largest absolute Gasteiger partial charge is 0.550 e. The number of rotatable bonds is 10. The highest BCUT2D eigenvalue weighted by atomic mass is 16.4. The maximum atomic E-state index is 10.0. The fourth-order valence-electron chi connectivity index (χ4n) is 1.78. The smallest absolute Gasteiger partial charge is 0.317 e. The molecule has 32 heavy (non-hydrogen) atoms. The van der Waals surface area contributed by atoms with Crippen molar-refractivity contribution >= 4 is 17.9 Å². The maximum Gasteiger partial charge on any atom is 0.317 e. The molecule has 0 saturated carbocycles. The van der Waals surface area contributed by atoms with Crippen molar-refractivity contribution in [1.82, 2.24) is 0 Å². The van der Waals surface area contributed by atoms with Crippen molar-refractivity contribution in [3.05, 3.63) is 0 Å². The second-order valence-electron chi connectivity index (χ2n) is 9.04. The zero-order chi connectivity index (χ0) is 26.7. The number of hydrogen-bond donors (Lipinski definition) is 6. The summed E-state index contributed by atoms with van der Waals surface area (Å²) in [6.07, 6.45) is -2.74. The predicted molar refractivity (Wildman–Crippen MR) is 113 cm³/mol. The highest BCUT2D eigenvalue weighted by Crippen LogP contribution is 1.98. The summed E-state index contributed by atoms with van der Waals surface area (Å²) in [5.74, 6) is -3.37. The number of hydrogen-bond acceptors (Lipinski definition) is 10. The molecular weight excluding hydrogens is 430 g/mol. The molecule has 0 aromatic rings. The van der Waals surface area contributed by atoms with Crippen LogP contribution in [0.25, 0.3) is 0 Å². The van der Waals surface area contributed by atoms with Crippen LogP contribution in [0.5, 0.6) is 0 Å². The van der Waals surface area contributed by atoms with Gasteiger partial charge in [0.25, 0.3) is 0 Å². The van der Waals surface area contributed by atoms with Crippen LogP contribution in [0.4, 0.5) is 0 Å². The fourth-order valence-corrected chi connectivity index (χ4v) is 1.78. The zero-order valence-corrected chi connectivity index (χ0v) is 20.2. The standard InChI is InChI=1S/2C7H15NO3.C3H8O2.C2H5NO2/c2*1-8(2,3)5-6(9)4-7(10)11;1-3(5)2-4;3-1-2(4)5/h2*6,9H,4-5H2,1-3H3;3-5H,2H2,1H3;1,3H2,(H,4,5). The molecule has 194 valence electrons. The van der Waals surface area contributed by atoms with Gasteiger partial charge in [0.1, 0.15) is 25.3 Å². The van der Waals surface area contributed by atoms with Gasteiger partial charge in [0, 0.05) is 24.8 Å². The third kappa shape index (κ3) is 51.1. The van der Waals surface area contributed by atoms with E-state index in [1.807, 2.05) is 42.3 Å². The van der Waals surface area contributed by atoms with Crippen LogP contribution >= 0.6 is 0 Å². The number of aliphatic hydroxyl groups excluding tert-OH is 4. The second kappa shape index (κ2) is 19.8. The number of carbonyl (C=O) groups excluding carboxylic acids is 2. The quantitative estimate of drug-likeness (QED) is 0.164. The average Bonchev–Trinajstić information content (AvgIpc) is 2.51. The summed E-state index contributed by atoms with van der Waals surface area (Å²) >= 11 is 0. The number of aliphatic hydroxyl groups is 4. The lowest BCUT2D eigenvalue weighted by atomic mass is 10.2. The van der Waals surface area contributed by atoms with E-state index in [1.54, 1.807) is 0 Å². The van der Waals surface area contributed by atoms with Crippen LogP contribution in [-0.2, 0) is 14.4 Å². The van der Waals surface area contributed by atoms with E-state index in [2.05, 4.69) is 5.73 Å². The minimum atomic E-state index is -1.20. The van der Waals surface area contributed by atoms with Crippen LogP contribution in [0.1, 0.15) is 19.8 Å². The van der Waals surface area contributed by atoms with E-state index >= 15 is 0 Å². The molecule has 0 aliphatic carbocycles. The number of quaternary nitrogens is 2. The Labute approximate surface area is 190 Å². The summed E-state index contributed by atoms with van der Waals surface area (Å²) in [4.78, 5) is 29.3. The monoisotopic (exact) mass is 473 g/mol. The molecule has 13 heteroatoms. The molecule has 0 saturated heterocycles. The lowest BCUT2D eigenvalue weighted by Gasteiger charge is -2.26. The first-order chi connectivity index (χ1) is 14.2. The number of aliphatic carboxylic acids is 3. The molecule has 0 aromatic carbocycles. The van der Waals surface area contributed by atoms with Gasteiger partial charge in [0.15, 0.2) is 0 Å². The Balaban J connectivity index is -0.000000175. The van der Waals surface area contributed by atoms with Gasteiger partial charge < -0.3 is 60.0 Å². The van der Waals surface area contributed by atoms with Gasteiger partial charge >= 0.3 is 5.97 Å². The Hall–Kier alpha value is -1.87. The zero-order valence-electron chi connectivity index (χ0n) is 20.2. The molecular formula is C19H43N3O10. The van der Waals surface area contributed by atoms with Crippen molar-refractivity contribution < 1.29 is 59.1 Å². The molecule has 0 fully saturated rings. The third-order valence-corrected chi connectivity index (χ3v) is 2.76. The van der Waals surface area contributed by atoms with Crippen molar-refractivity contribution in [2.45, 2.75) is 38.1 Å². The van der Waals surface area contributed by atoms with Crippen molar-refractivity contribution in [2.75, 3.05) is 68.5 Å². The number of carboxylic acid groups (broad SMARTS) is 3. The van der Waals surface area contributed by atoms with E-state index in [9.17, 15) is 24.6 Å². The average molecular weight is 474 g/mol. The van der Waals surface area contributed by atoms with Crippen LogP contribution in [0.3, 0.4) is 0 Å². The molecule has 3 atom stereocenters. The lowest BCUT2D eigenvalue weighted by Crippen LogP contribution is -2.43. The van der Waals surface area contributed by atoms with Gasteiger partial charge in [-0.3, -0.25) is 4.79 Å². The molecule has 0 amide bonds. The minimum Gasteiger partial charge on any atom is -0.550 e. The Morgan fingerprint density at radius 3 is 1.12 bits per heavy atom. The van der Waals surface area contributed by atoms with E-state index in [0.29, 0.717) is 22.1 Å². The first-order valence-electron chi connectivity index (χ1n) is 9.74. The highest BCUT2D eigenvalue weighted by Gasteiger charge is 2.15. The van der Waals surface area contributed by atoms with Crippen LogP contribution < -0.4 is 15.9 Å². The second-order valence-corrected chi connectivity index (χ2v) is 9.04. The molecule has 0 spiro atoms. The van der Waals surface area contributed by atoms with Crippen molar-refractivity contribution in [3.8, 4) is 0 Å². The number of carbonyl (C=O) groups is 3. The Morgan fingerprint density at radius 1 is 0.812 bits per heavy atom. The van der Waals surface area contributed by atoms with Crippen molar-refractivity contribution in [2.24, 2.45) is 5.73 Å². The molecule has 0 radical (unpaired) electrons. The van der Waals surface area contributed by atoms with Gasteiger partial charge in [-0.15, -0.1) is 0 Å². The third-order valence-electron chi connectivity index (χ3n) is 2.76. The Kier molecular flexibility index (Phi) is 23.2. The number of carboxylic acids is 3. The van der Waals surface area contributed by atoms with Crippen LogP contribution in [0.2, 0.25) is 0 Å². The Bertz CT molecular complexity index is 469. The van der Waals surface area contributed by atoms with Crippen molar-refractivity contribution in [3.63, 3.8) is 0 Å². The molecule has 0 aliphatic rings. The van der Waals surface area contributed by atoms with Gasteiger partial charge in [-0.2, -0.15) is 0 Å². The summed E-state index contributed by atoms with van der Waals surface area (Å²) in [6.45, 7) is 1.96. The molecule has 3 unspecified atom stereocenters. The maximum absolute atomic E-state index is 10.0. The fraction of sp³-hybridized carbons (Fsp3) is 0.842. The number of nitrogens with two attached hydrogens (primary N) is 1. The number of nitrogens with zero attached hydrogens (tertiary/aromatic N) is 2. The first-order valence-corrected chi connectivity index (χ1v) is 9.74. The summed E-state index contributed by atoms with van der Waals surface area (Å²) in [7, 11) is 11.3. The topological polar surface area (TPSA) is 224 Å². The first kappa shape index (κ1) is 37.4. The molecule has 7 N–H and O–H groups in total. The van der Waals surface area contributed by atoms with E-state index in [0.717, 1.165) is 0 Å². The molecule has 0 rings (SSSR count). The lowest BCUT2D eigenvalue weighted by molar-refractivity contribution is -0.873. The summed E-state index contributed by atoms with van der Waals surface area (Å²) in [5, 5.41) is 61.9. The van der Waals surface area contributed by atoms with Crippen LogP contribution in [0, 0.1) is 0 Å². The van der Waals surface area contributed by atoms with Gasteiger partial charge in [0.2, 0.25) is 0 Å². The van der Waals surface area contributed by atoms with Gasteiger partial charge in [0.05, 0.1) is 61.5 Å². The van der Waals surface area contributed by atoms with E-state index < -0.39 is 36.2 Å². The summed E-state index contributed by atoms with van der Waals surface area (Å²) < 4.78 is 1.10. The van der Waals surface area contributed by atoms with Crippen LogP contribution in [-0.4, -0.2) is 139 Å².